The van der Waals surface area contributed by atoms with E-state index < -0.39 is 8.07 Å². The average Bonchev–Trinajstić information content (AvgIpc) is 3.28. The van der Waals surface area contributed by atoms with E-state index in [-0.39, 0.29) is 0 Å². The van der Waals surface area contributed by atoms with Crippen LogP contribution in [0, 0.1) is 0 Å². The van der Waals surface area contributed by atoms with Crippen LogP contribution in [0.5, 0.6) is 0 Å². The monoisotopic (exact) mass is 330 g/mol. The van der Waals surface area contributed by atoms with Crippen LogP contribution in [-0.4, -0.2) is 29.4 Å². The largest absolute Gasteiger partial charge is 0.384 e. The summed E-state index contributed by atoms with van der Waals surface area (Å²) in [6.45, 7) is 8.27. The van der Waals surface area contributed by atoms with Crippen molar-refractivity contribution in [2.45, 2.75) is 51.2 Å². The minimum Gasteiger partial charge on any atom is -0.384 e. The number of nitrogens with zero attached hydrogens (tertiary/aromatic N) is 3. The van der Waals surface area contributed by atoms with Crippen LogP contribution < -0.4 is 5.73 Å². The molecular weight excluding hydrogens is 304 g/mol. The smallest absolute Gasteiger partial charge is 0.141 e. The van der Waals surface area contributed by atoms with Crippen LogP contribution in [-0.2, 0) is 11.5 Å². The lowest BCUT2D eigenvalue weighted by molar-refractivity contribution is 0.0803. The maximum atomic E-state index is 6.36. The lowest BCUT2D eigenvalue weighted by Gasteiger charge is -2.15. The van der Waals surface area contributed by atoms with Crippen molar-refractivity contribution < 1.29 is 4.74 Å². The van der Waals surface area contributed by atoms with Crippen molar-refractivity contribution in [2.75, 3.05) is 12.3 Å². The normalized spacial score (nSPS) is 15.1. The highest BCUT2D eigenvalue weighted by Gasteiger charge is 2.32. The molecule has 0 saturated heterocycles. The maximum absolute atomic E-state index is 6.36. The van der Waals surface area contributed by atoms with E-state index in [0.29, 0.717) is 12.6 Å². The number of pyridine rings is 1. The molecule has 6 heteroatoms. The van der Waals surface area contributed by atoms with Crippen LogP contribution >= 0.6 is 0 Å². The first-order valence-corrected chi connectivity index (χ1v) is 12.0. The zero-order chi connectivity index (χ0) is 16.4. The number of hydrogen-bond donors (Lipinski definition) is 1. The van der Waals surface area contributed by atoms with Gasteiger partial charge in [0.25, 0.3) is 0 Å². The summed E-state index contributed by atoms with van der Waals surface area (Å²) in [6, 6.07) is 5.13. The number of ether oxygens (including phenoxy) is 1. The van der Waals surface area contributed by atoms with Crippen LogP contribution in [0.4, 0.5) is 5.82 Å². The number of anilines is 1. The molecule has 2 aromatic heterocycles. The Kier molecular flexibility index (Phi) is 4.54. The maximum Gasteiger partial charge on any atom is 0.141 e. The molecular formula is C17H26N4OSi. The molecule has 2 N–H and O–H groups in total. The van der Waals surface area contributed by atoms with Gasteiger partial charge in [-0.25, -0.2) is 4.68 Å². The average molecular weight is 331 g/mol. The summed E-state index contributed by atoms with van der Waals surface area (Å²) in [4.78, 5) is 4.09. The second kappa shape index (κ2) is 6.45. The highest BCUT2D eigenvalue weighted by Crippen LogP contribution is 2.46. The van der Waals surface area contributed by atoms with E-state index in [0.717, 1.165) is 29.7 Å². The van der Waals surface area contributed by atoms with Gasteiger partial charge in [0.1, 0.15) is 12.5 Å². The third-order valence-corrected chi connectivity index (χ3v) is 5.88. The topological polar surface area (TPSA) is 66.0 Å². The number of rotatable bonds is 7. The summed E-state index contributed by atoms with van der Waals surface area (Å²) in [7, 11) is -1.07. The Morgan fingerprint density at radius 3 is 2.57 bits per heavy atom. The Bertz CT molecular complexity index is 659. The third kappa shape index (κ3) is 4.00. The zero-order valence-corrected chi connectivity index (χ0v) is 15.2. The van der Waals surface area contributed by atoms with E-state index in [1.807, 2.05) is 16.8 Å². The van der Waals surface area contributed by atoms with Crippen molar-refractivity contribution in [3.63, 3.8) is 0 Å². The summed E-state index contributed by atoms with van der Waals surface area (Å²) >= 11 is 0. The number of hydrogen-bond acceptors (Lipinski definition) is 4. The van der Waals surface area contributed by atoms with Gasteiger partial charge < -0.3 is 10.5 Å². The summed E-state index contributed by atoms with van der Waals surface area (Å²) in [5.74, 6) is 1.31. The number of aromatic nitrogens is 3. The van der Waals surface area contributed by atoms with Gasteiger partial charge in [-0.15, -0.1) is 0 Å². The second-order valence-electron chi connectivity index (χ2n) is 7.51. The zero-order valence-electron chi connectivity index (χ0n) is 14.2. The molecule has 0 atom stereocenters. The molecule has 5 nitrogen and oxygen atoms in total. The summed E-state index contributed by atoms with van der Waals surface area (Å²) in [5.41, 5.74) is 9.61. The van der Waals surface area contributed by atoms with Gasteiger partial charge in [-0.2, -0.15) is 5.10 Å². The van der Waals surface area contributed by atoms with Crippen molar-refractivity contribution in [1.82, 2.24) is 14.8 Å². The predicted octanol–water partition coefficient (Wildman–Crippen LogP) is 3.72. The Morgan fingerprint density at radius 1 is 1.26 bits per heavy atom. The molecule has 1 saturated carbocycles. The van der Waals surface area contributed by atoms with E-state index >= 15 is 0 Å². The van der Waals surface area contributed by atoms with E-state index in [9.17, 15) is 0 Å². The molecule has 1 aliphatic rings. The number of nitrogens with two attached hydrogens (primary N) is 1. The number of nitrogen functional groups attached to an aromatic ring is 1. The van der Waals surface area contributed by atoms with Crippen molar-refractivity contribution >= 4 is 13.9 Å². The van der Waals surface area contributed by atoms with Crippen LogP contribution in [0.1, 0.15) is 24.3 Å². The quantitative estimate of drug-likeness (QED) is 0.621. The fourth-order valence-electron chi connectivity index (χ4n) is 2.61. The van der Waals surface area contributed by atoms with Crippen LogP contribution in [0.15, 0.2) is 24.5 Å². The van der Waals surface area contributed by atoms with Crippen LogP contribution in [0.2, 0.25) is 25.7 Å². The Hall–Kier alpha value is -1.66. The SMILES string of the molecule is C[Si](C)(C)CCOCn1nc(-c2ccncc2)c(C2CC2)c1N. The van der Waals surface area contributed by atoms with Gasteiger partial charge in [0, 0.05) is 38.2 Å². The summed E-state index contributed by atoms with van der Waals surface area (Å²) in [5, 5.41) is 4.73. The lowest BCUT2D eigenvalue weighted by atomic mass is 10.1. The molecule has 0 amide bonds. The Morgan fingerprint density at radius 2 is 1.96 bits per heavy atom. The predicted molar refractivity (Wildman–Crippen MR) is 96.0 cm³/mol. The van der Waals surface area contributed by atoms with Gasteiger partial charge in [0.05, 0.1) is 5.69 Å². The minimum atomic E-state index is -1.07. The molecule has 0 aliphatic heterocycles. The molecule has 124 valence electrons. The summed E-state index contributed by atoms with van der Waals surface area (Å²) in [6.07, 6.45) is 5.99. The molecule has 0 spiro atoms. The molecule has 1 aliphatic carbocycles. The molecule has 0 aromatic carbocycles. The van der Waals surface area contributed by atoms with Gasteiger partial charge in [0.2, 0.25) is 0 Å². The Labute approximate surface area is 138 Å². The first kappa shape index (κ1) is 16.2. The molecule has 1 fully saturated rings. The van der Waals surface area contributed by atoms with Crippen LogP contribution in [0.25, 0.3) is 11.3 Å². The van der Waals surface area contributed by atoms with Crippen molar-refractivity contribution in [3.8, 4) is 11.3 Å². The van der Waals surface area contributed by atoms with Crippen molar-refractivity contribution in [3.05, 3.63) is 30.1 Å². The third-order valence-electron chi connectivity index (χ3n) is 4.18. The molecule has 0 radical (unpaired) electrons. The molecule has 3 rings (SSSR count). The minimum absolute atomic E-state index is 0.432. The van der Waals surface area contributed by atoms with E-state index in [4.69, 9.17) is 15.6 Å². The van der Waals surface area contributed by atoms with Gasteiger partial charge in [-0.3, -0.25) is 4.98 Å². The van der Waals surface area contributed by atoms with E-state index in [2.05, 4.69) is 24.6 Å². The molecule has 2 aromatic rings. The van der Waals surface area contributed by atoms with Gasteiger partial charge in [-0.05, 0) is 36.9 Å². The second-order valence-corrected chi connectivity index (χ2v) is 13.1. The molecule has 23 heavy (non-hydrogen) atoms. The van der Waals surface area contributed by atoms with Crippen molar-refractivity contribution in [1.29, 1.82) is 0 Å². The Balaban J connectivity index is 1.77. The van der Waals surface area contributed by atoms with Crippen molar-refractivity contribution in [2.24, 2.45) is 0 Å². The molecule has 2 heterocycles. The van der Waals surface area contributed by atoms with E-state index in [1.54, 1.807) is 12.4 Å². The molecule has 0 bridgehead atoms. The fraction of sp³-hybridized carbons (Fsp3) is 0.529. The fourth-order valence-corrected chi connectivity index (χ4v) is 3.37. The van der Waals surface area contributed by atoms with Gasteiger partial charge in [0.15, 0.2) is 0 Å². The first-order valence-electron chi connectivity index (χ1n) is 8.30. The van der Waals surface area contributed by atoms with Gasteiger partial charge in [-0.1, -0.05) is 19.6 Å². The summed E-state index contributed by atoms with van der Waals surface area (Å²) < 4.78 is 7.64. The highest BCUT2D eigenvalue weighted by atomic mass is 28.3. The van der Waals surface area contributed by atoms with Gasteiger partial charge >= 0.3 is 0 Å². The van der Waals surface area contributed by atoms with E-state index in [1.165, 1.54) is 18.4 Å². The molecule has 0 unspecified atom stereocenters. The lowest BCUT2D eigenvalue weighted by Crippen LogP contribution is -2.22. The highest BCUT2D eigenvalue weighted by molar-refractivity contribution is 6.76. The standard InChI is InChI=1S/C17H26N4OSi/c1-23(2,3)11-10-22-12-21-17(18)15(13-4-5-13)16(20-21)14-6-8-19-9-7-14/h6-9,13H,4-5,10-12,18H2,1-3H3. The van der Waals surface area contributed by atoms with Crippen LogP contribution in [0.3, 0.4) is 0 Å². The first-order chi connectivity index (χ1) is 11.0.